The average molecular weight is 407 g/mol. The van der Waals surface area contributed by atoms with Gasteiger partial charge in [0.05, 0.1) is 12.1 Å². The number of amides is 3. The Morgan fingerprint density at radius 2 is 1.76 bits per heavy atom. The van der Waals surface area contributed by atoms with E-state index in [4.69, 9.17) is 11.5 Å². The predicted octanol–water partition coefficient (Wildman–Crippen LogP) is 0.182. The first-order chi connectivity index (χ1) is 13.3. The van der Waals surface area contributed by atoms with Gasteiger partial charge in [-0.15, -0.1) is 0 Å². The number of hydrogen-bond acceptors (Lipinski definition) is 5. The third-order valence-electron chi connectivity index (χ3n) is 7.10. The molecule has 8 nitrogen and oxygen atoms in total. The maximum atomic E-state index is 13.2. The molecule has 3 amide bonds. The second-order valence-electron chi connectivity index (χ2n) is 10.7. The summed E-state index contributed by atoms with van der Waals surface area (Å²) in [5, 5.41) is 2.74. The predicted molar refractivity (Wildman–Crippen MR) is 107 cm³/mol. The van der Waals surface area contributed by atoms with E-state index in [1.165, 1.54) is 0 Å². The minimum atomic E-state index is -1.05. The van der Waals surface area contributed by atoms with Gasteiger partial charge >= 0.3 is 0 Å². The van der Waals surface area contributed by atoms with Gasteiger partial charge in [0, 0.05) is 6.54 Å². The third kappa shape index (κ3) is 4.04. The molecule has 3 fully saturated rings. The summed E-state index contributed by atoms with van der Waals surface area (Å²) in [5.74, 6) is -1.90. The molecule has 0 bridgehead atoms. The molecule has 5 N–H and O–H groups in total. The van der Waals surface area contributed by atoms with E-state index in [1.807, 2.05) is 20.8 Å². The van der Waals surface area contributed by atoms with E-state index in [9.17, 15) is 19.2 Å². The monoisotopic (exact) mass is 406 g/mol. The van der Waals surface area contributed by atoms with E-state index in [2.05, 4.69) is 19.2 Å². The van der Waals surface area contributed by atoms with Gasteiger partial charge in [-0.05, 0) is 35.0 Å². The first-order valence-electron chi connectivity index (χ1n) is 10.5. The number of piperidine rings is 1. The minimum Gasteiger partial charge on any atom is -0.363 e. The van der Waals surface area contributed by atoms with Gasteiger partial charge < -0.3 is 21.7 Å². The fourth-order valence-corrected chi connectivity index (χ4v) is 4.71. The SMILES string of the molecule is CC(C)(C)[C@H](N)C(=O)N1C[C@H]2[C@@H]([C@H]1C(=O)NC(CC1CC1)C(=O)C(N)=O)C2(C)C. The highest BCUT2D eigenvalue weighted by molar-refractivity contribution is 6.37. The number of carbonyl (C=O) groups excluding carboxylic acids is 4. The van der Waals surface area contributed by atoms with Crippen molar-refractivity contribution >= 4 is 23.5 Å². The van der Waals surface area contributed by atoms with Crippen molar-refractivity contribution in [1.82, 2.24) is 10.2 Å². The summed E-state index contributed by atoms with van der Waals surface area (Å²) in [6, 6.07) is -2.34. The van der Waals surface area contributed by atoms with Crippen LogP contribution < -0.4 is 16.8 Å². The van der Waals surface area contributed by atoms with Crippen molar-refractivity contribution in [2.75, 3.05) is 6.54 Å². The van der Waals surface area contributed by atoms with E-state index < -0.39 is 41.1 Å². The number of carbonyl (C=O) groups is 4. The molecule has 1 aliphatic heterocycles. The molecule has 162 valence electrons. The largest absolute Gasteiger partial charge is 0.363 e. The molecule has 29 heavy (non-hydrogen) atoms. The van der Waals surface area contributed by atoms with Crippen LogP contribution >= 0.6 is 0 Å². The number of nitrogens with zero attached hydrogens (tertiary/aromatic N) is 1. The van der Waals surface area contributed by atoms with Crippen LogP contribution in [-0.4, -0.2) is 53.1 Å². The Bertz CT molecular complexity index is 737. The van der Waals surface area contributed by atoms with Crippen LogP contribution in [0.5, 0.6) is 0 Å². The van der Waals surface area contributed by atoms with Crippen molar-refractivity contribution in [3.05, 3.63) is 0 Å². The molecule has 0 aromatic carbocycles. The number of nitrogens with two attached hydrogens (primary N) is 2. The molecule has 0 aromatic rings. The molecule has 8 heteroatoms. The number of rotatable bonds is 7. The number of Topliss-reactive ketones (excluding diaryl/α,β-unsaturated/α-hetero) is 1. The standard InChI is InChI=1S/C21H34N4O4/c1-20(2,3)16(22)19(29)25-9-11-13(21(11,4)5)14(25)18(28)24-12(8-10-6-7-10)15(26)17(23)27/h10-14,16H,6-9,22H2,1-5H3,(H2,23,27)(H,24,28)/t11-,12?,13-,14-,16+/m0/s1. The van der Waals surface area contributed by atoms with Gasteiger partial charge in [-0.25, -0.2) is 0 Å². The molecule has 3 aliphatic rings. The number of hydrogen-bond donors (Lipinski definition) is 3. The van der Waals surface area contributed by atoms with Gasteiger partial charge in [-0.1, -0.05) is 47.5 Å². The molecule has 3 rings (SSSR count). The van der Waals surface area contributed by atoms with E-state index >= 15 is 0 Å². The van der Waals surface area contributed by atoms with Crippen molar-refractivity contribution in [2.24, 2.45) is 40.1 Å². The first kappa shape index (κ1) is 21.7. The lowest BCUT2D eigenvalue weighted by atomic mass is 9.86. The van der Waals surface area contributed by atoms with Crippen LogP contribution in [0.1, 0.15) is 53.9 Å². The molecule has 0 radical (unpaired) electrons. The van der Waals surface area contributed by atoms with Crippen LogP contribution in [0.15, 0.2) is 0 Å². The van der Waals surface area contributed by atoms with Crippen molar-refractivity contribution in [3.8, 4) is 0 Å². The smallest absolute Gasteiger partial charge is 0.287 e. The van der Waals surface area contributed by atoms with Crippen LogP contribution in [0.3, 0.4) is 0 Å². The van der Waals surface area contributed by atoms with Gasteiger partial charge in [0.1, 0.15) is 6.04 Å². The maximum Gasteiger partial charge on any atom is 0.287 e. The fourth-order valence-electron chi connectivity index (χ4n) is 4.71. The van der Waals surface area contributed by atoms with Crippen LogP contribution in [-0.2, 0) is 19.2 Å². The summed E-state index contributed by atoms with van der Waals surface area (Å²) in [4.78, 5) is 51.6. The molecule has 0 spiro atoms. The topological polar surface area (TPSA) is 136 Å². The van der Waals surface area contributed by atoms with Crippen LogP contribution in [0.2, 0.25) is 0 Å². The number of ketones is 1. The van der Waals surface area contributed by atoms with Gasteiger partial charge in [0.15, 0.2) is 0 Å². The second kappa shape index (κ2) is 7.07. The fraction of sp³-hybridized carbons (Fsp3) is 0.810. The summed E-state index contributed by atoms with van der Waals surface area (Å²) in [7, 11) is 0. The van der Waals surface area contributed by atoms with E-state index in [0.717, 1.165) is 12.8 Å². The lowest BCUT2D eigenvalue weighted by Gasteiger charge is -2.36. The van der Waals surface area contributed by atoms with Crippen molar-refractivity contribution < 1.29 is 19.2 Å². The lowest BCUT2D eigenvalue weighted by molar-refractivity contribution is -0.144. The number of fused-ring (bicyclic) bond motifs is 1. The third-order valence-corrected chi connectivity index (χ3v) is 7.10. The van der Waals surface area contributed by atoms with Gasteiger partial charge in [0.2, 0.25) is 17.6 Å². The Hall–Kier alpha value is -1.96. The van der Waals surface area contributed by atoms with Crippen LogP contribution in [0, 0.1) is 28.6 Å². The Morgan fingerprint density at radius 1 is 1.17 bits per heavy atom. The Morgan fingerprint density at radius 3 is 2.24 bits per heavy atom. The van der Waals surface area contributed by atoms with E-state index in [-0.39, 0.29) is 23.2 Å². The number of likely N-dealkylation sites (tertiary alicyclic amines) is 1. The van der Waals surface area contributed by atoms with E-state index in [0.29, 0.717) is 18.9 Å². The molecule has 2 aliphatic carbocycles. The second-order valence-corrected chi connectivity index (χ2v) is 10.7. The summed E-state index contributed by atoms with van der Waals surface area (Å²) < 4.78 is 0. The van der Waals surface area contributed by atoms with Crippen molar-refractivity contribution in [3.63, 3.8) is 0 Å². The number of nitrogens with one attached hydrogen (secondary N) is 1. The molecular formula is C21H34N4O4. The highest BCUT2D eigenvalue weighted by Crippen LogP contribution is 2.65. The molecule has 2 saturated carbocycles. The van der Waals surface area contributed by atoms with Crippen molar-refractivity contribution in [2.45, 2.75) is 72.0 Å². The quantitative estimate of drug-likeness (QED) is 0.518. The summed E-state index contributed by atoms with van der Waals surface area (Å²) in [5.41, 5.74) is 10.9. The highest BCUT2D eigenvalue weighted by Gasteiger charge is 2.69. The zero-order valence-electron chi connectivity index (χ0n) is 18.0. The Balaban J connectivity index is 1.79. The first-order valence-corrected chi connectivity index (χ1v) is 10.5. The van der Waals surface area contributed by atoms with Gasteiger partial charge in [-0.2, -0.15) is 0 Å². The average Bonchev–Trinajstić information content (AvgIpc) is 3.45. The molecule has 1 heterocycles. The lowest BCUT2D eigenvalue weighted by Crippen LogP contribution is -2.59. The molecule has 1 unspecified atom stereocenters. The Kier molecular flexibility index (Phi) is 5.30. The van der Waals surface area contributed by atoms with Crippen LogP contribution in [0.4, 0.5) is 0 Å². The number of primary amides is 1. The molecule has 0 aromatic heterocycles. The van der Waals surface area contributed by atoms with Crippen LogP contribution in [0.25, 0.3) is 0 Å². The minimum absolute atomic E-state index is 0.0175. The Labute approximate surface area is 172 Å². The molecule has 1 saturated heterocycles. The summed E-state index contributed by atoms with van der Waals surface area (Å²) >= 11 is 0. The summed E-state index contributed by atoms with van der Waals surface area (Å²) in [6.45, 7) is 10.3. The summed E-state index contributed by atoms with van der Waals surface area (Å²) in [6.07, 6.45) is 2.36. The highest BCUT2D eigenvalue weighted by atomic mass is 16.2. The molecular weight excluding hydrogens is 372 g/mol. The van der Waals surface area contributed by atoms with E-state index in [1.54, 1.807) is 4.90 Å². The zero-order valence-corrected chi connectivity index (χ0v) is 18.0. The molecule has 5 atom stereocenters. The van der Waals surface area contributed by atoms with Gasteiger partial charge in [-0.3, -0.25) is 19.2 Å². The van der Waals surface area contributed by atoms with Crippen molar-refractivity contribution in [1.29, 1.82) is 0 Å². The zero-order chi connectivity index (χ0) is 21.9. The van der Waals surface area contributed by atoms with Gasteiger partial charge in [0.25, 0.3) is 5.91 Å². The maximum absolute atomic E-state index is 13.2. The normalized spacial score (nSPS) is 29.6.